The van der Waals surface area contributed by atoms with E-state index < -0.39 is 11.7 Å². The third kappa shape index (κ3) is 6.01. The topological polar surface area (TPSA) is 115 Å². The van der Waals surface area contributed by atoms with Crippen LogP contribution in [0.5, 0.6) is 5.75 Å². The Morgan fingerprint density at radius 1 is 1.02 bits per heavy atom. The molecular formula is C34H46N3O5+. The SMILES string of the molecule is O=c1ccc2c([C@@H](O)CNCCC[N+]34CCC(CC3)[C@@H](OCC(O)(c3ccccc3)C3CCCC3)C4)ccc(O)c2[nH]1. The number of phenols is 1. The summed E-state index contributed by atoms with van der Waals surface area (Å²) in [6.45, 7) is 6.04. The number of piperidine rings is 3. The first-order valence-electron chi connectivity index (χ1n) is 15.9. The normalized spacial score (nSPS) is 26.4. The van der Waals surface area contributed by atoms with Gasteiger partial charge in [0.05, 0.1) is 37.9 Å². The molecule has 3 aliphatic heterocycles. The molecule has 7 rings (SSSR count). The number of phenolic OH excluding ortho intramolecular Hbond substituents is 1. The zero-order valence-corrected chi connectivity index (χ0v) is 24.5. The maximum atomic E-state index is 12.0. The van der Waals surface area contributed by atoms with Gasteiger partial charge in [-0.25, -0.2) is 0 Å². The molecule has 5 N–H and O–H groups in total. The van der Waals surface area contributed by atoms with Crippen molar-refractivity contribution in [2.75, 3.05) is 45.9 Å². The fourth-order valence-electron chi connectivity index (χ4n) is 7.96. The Morgan fingerprint density at radius 2 is 1.79 bits per heavy atom. The highest BCUT2D eigenvalue weighted by Crippen LogP contribution is 2.42. The number of aromatic nitrogens is 1. The molecule has 0 radical (unpaired) electrons. The maximum absolute atomic E-state index is 12.0. The van der Waals surface area contributed by atoms with Crippen molar-refractivity contribution < 1.29 is 24.5 Å². The first-order chi connectivity index (χ1) is 20.4. The molecule has 2 aromatic carbocycles. The Kier molecular flexibility index (Phi) is 8.70. The second kappa shape index (κ2) is 12.5. The lowest BCUT2D eigenvalue weighted by molar-refractivity contribution is -0.946. The number of ether oxygens (including phenoxy) is 1. The number of aliphatic hydroxyl groups is 2. The maximum Gasteiger partial charge on any atom is 0.248 e. The summed E-state index contributed by atoms with van der Waals surface area (Å²) in [5, 5.41) is 37.0. The lowest BCUT2D eigenvalue weighted by atomic mass is 9.80. The number of benzene rings is 2. The first kappa shape index (κ1) is 29.3. The summed E-state index contributed by atoms with van der Waals surface area (Å²) >= 11 is 0. The van der Waals surface area contributed by atoms with Crippen LogP contribution in [0.25, 0.3) is 10.9 Å². The number of H-pyrrole nitrogens is 1. The van der Waals surface area contributed by atoms with Gasteiger partial charge in [0.25, 0.3) is 0 Å². The molecule has 4 heterocycles. The number of pyridine rings is 1. The summed E-state index contributed by atoms with van der Waals surface area (Å²) in [6, 6.07) is 16.4. The van der Waals surface area contributed by atoms with Crippen LogP contribution < -0.4 is 10.9 Å². The summed E-state index contributed by atoms with van der Waals surface area (Å²) in [4.78, 5) is 14.4. The van der Waals surface area contributed by atoms with E-state index in [2.05, 4.69) is 22.4 Å². The average Bonchev–Trinajstić information content (AvgIpc) is 3.57. The second-order valence-corrected chi connectivity index (χ2v) is 13.0. The van der Waals surface area contributed by atoms with Gasteiger partial charge in [0, 0.05) is 49.7 Å². The molecule has 3 aromatic rings. The van der Waals surface area contributed by atoms with Gasteiger partial charge in [-0.1, -0.05) is 49.2 Å². The van der Waals surface area contributed by atoms with Crippen LogP contribution in [0.3, 0.4) is 0 Å². The van der Waals surface area contributed by atoms with Gasteiger partial charge < -0.3 is 34.8 Å². The quantitative estimate of drug-likeness (QED) is 0.165. The number of quaternary nitrogens is 1. The summed E-state index contributed by atoms with van der Waals surface area (Å²) in [6.07, 6.45) is 7.29. The molecule has 4 fully saturated rings. The van der Waals surface area contributed by atoms with Crippen LogP contribution in [0.4, 0.5) is 0 Å². The van der Waals surface area contributed by atoms with Crippen LogP contribution in [-0.2, 0) is 10.3 Å². The highest BCUT2D eigenvalue weighted by molar-refractivity contribution is 5.87. The molecule has 2 bridgehead atoms. The molecule has 1 saturated carbocycles. The molecule has 0 amide bonds. The van der Waals surface area contributed by atoms with E-state index in [1.165, 1.54) is 50.9 Å². The molecular weight excluding hydrogens is 530 g/mol. The molecule has 226 valence electrons. The van der Waals surface area contributed by atoms with Crippen molar-refractivity contribution >= 4 is 10.9 Å². The molecule has 1 aliphatic carbocycles. The zero-order chi connectivity index (χ0) is 29.2. The monoisotopic (exact) mass is 576 g/mol. The summed E-state index contributed by atoms with van der Waals surface area (Å²) in [5.74, 6) is 0.834. The number of nitrogens with zero attached hydrogens (tertiary/aromatic N) is 1. The van der Waals surface area contributed by atoms with E-state index >= 15 is 0 Å². The Morgan fingerprint density at radius 3 is 2.55 bits per heavy atom. The Labute approximate surface area is 247 Å². The van der Waals surface area contributed by atoms with E-state index in [1.807, 2.05) is 18.2 Å². The van der Waals surface area contributed by atoms with Gasteiger partial charge in [0.1, 0.15) is 24.0 Å². The van der Waals surface area contributed by atoms with Gasteiger partial charge in [-0.2, -0.15) is 0 Å². The van der Waals surface area contributed by atoms with Gasteiger partial charge in [0.2, 0.25) is 5.56 Å². The third-order valence-electron chi connectivity index (χ3n) is 10.5. The minimum Gasteiger partial charge on any atom is -0.506 e. The average molecular weight is 577 g/mol. The van der Waals surface area contributed by atoms with Crippen molar-refractivity contribution in [3.63, 3.8) is 0 Å². The van der Waals surface area contributed by atoms with Crippen LogP contribution in [-0.4, -0.2) is 76.8 Å². The standard InChI is InChI=1S/C34H45N3O5/c38-29-13-11-27(28-12-14-32(40)36-33(28)29)30(39)21-35-17-6-18-37-19-15-24(16-20-37)31(22-37)42-23-34(41,26-9-4-5-10-26)25-7-2-1-3-8-25/h1-3,7-8,11-14,24,26,30-31,35,39,41H,4-6,9-10,15-23H2,(H-,36,38,40)/p+1/t24?,30-,31-,34?,37?/m0/s1. The Bertz CT molecular complexity index is 1400. The van der Waals surface area contributed by atoms with Gasteiger partial charge in [-0.3, -0.25) is 4.79 Å². The molecule has 1 unspecified atom stereocenters. The number of aromatic hydroxyl groups is 1. The predicted octanol–water partition coefficient (Wildman–Crippen LogP) is 3.95. The fraction of sp³-hybridized carbons (Fsp3) is 0.559. The van der Waals surface area contributed by atoms with Crippen molar-refractivity contribution in [3.8, 4) is 5.75 Å². The summed E-state index contributed by atoms with van der Waals surface area (Å²) < 4.78 is 7.76. The van der Waals surface area contributed by atoms with Gasteiger partial charge >= 0.3 is 0 Å². The lowest BCUT2D eigenvalue weighted by Gasteiger charge is -2.53. The van der Waals surface area contributed by atoms with E-state index in [4.69, 9.17) is 4.74 Å². The molecule has 4 aliphatic rings. The number of aromatic amines is 1. The highest BCUT2D eigenvalue weighted by atomic mass is 16.5. The van der Waals surface area contributed by atoms with Crippen molar-refractivity contribution in [1.29, 1.82) is 0 Å². The second-order valence-electron chi connectivity index (χ2n) is 13.0. The third-order valence-corrected chi connectivity index (χ3v) is 10.5. The largest absolute Gasteiger partial charge is 0.506 e. The van der Waals surface area contributed by atoms with Crippen LogP contribution in [0.2, 0.25) is 0 Å². The van der Waals surface area contributed by atoms with E-state index in [0.717, 1.165) is 48.9 Å². The van der Waals surface area contributed by atoms with Gasteiger partial charge in [0.15, 0.2) is 0 Å². The zero-order valence-electron chi connectivity index (χ0n) is 24.5. The van der Waals surface area contributed by atoms with Crippen LogP contribution in [0.1, 0.15) is 62.2 Å². The summed E-state index contributed by atoms with van der Waals surface area (Å²) in [5.41, 5.74) is 0.816. The van der Waals surface area contributed by atoms with E-state index in [0.29, 0.717) is 35.5 Å². The molecule has 1 aromatic heterocycles. The molecule has 8 nitrogen and oxygen atoms in total. The van der Waals surface area contributed by atoms with Crippen molar-refractivity contribution in [2.45, 2.75) is 62.8 Å². The fourth-order valence-corrected chi connectivity index (χ4v) is 7.96. The van der Waals surface area contributed by atoms with Crippen molar-refractivity contribution in [3.05, 3.63) is 76.1 Å². The van der Waals surface area contributed by atoms with E-state index in [9.17, 15) is 20.1 Å². The number of fused-ring (bicyclic) bond motifs is 4. The van der Waals surface area contributed by atoms with Crippen LogP contribution in [0, 0.1) is 11.8 Å². The number of hydrogen-bond acceptors (Lipinski definition) is 6. The minimum atomic E-state index is -0.919. The van der Waals surface area contributed by atoms with Gasteiger partial charge in [-0.15, -0.1) is 0 Å². The molecule has 42 heavy (non-hydrogen) atoms. The Hall–Kier alpha value is -2.75. The van der Waals surface area contributed by atoms with E-state index in [-0.39, 0.29) is 23.3 Å². The van der Waals surface area contributed by atoms with Crippen LogP contribution >= 0.6 is 0 Å². The predicted molar refractivity (Wildman–Crippen MR) is 163 cm³/mol. The number of rotatable bonds is 12. The van der Waals surface area contributed by atoms with Gasteiger partial charge in [-0.05, 0) is 42.0 Å². The van der Waals surface area contributed by atoms with Crippen molar-refractivity contribution in [2.24, 2.45) is 11.8 Å². The summed E-state index contributed by atoms with van der Waals surface area (Å²) in [7, 11) is 0. The van der Waals surface area contributed by atoms with E-state index in [1.54, 1.807) is 12.1 Å². The van der Waals surface area contributed by atoms with Crippen LogP contribution in [0.15, 0.2) is 59.4 Å². The van der Waals surface area contributed by atoms with Crippen molar-refractivity contribution in [1.82, 2.24) is 10.3 Å². The number of hydrogen-bond donors (Lipinski definition) is 5. The molecule has 0 spiro atoms. The lowest BCUT2D eigenvalue weighted by Crippen LogP contribution is -2.65. The number of nitrogens with one attached hydrogen (secondary N) is 2. The smallest absolute Gasteiger partial charge is 0.248 e. The highest BCUT2D eigenvalue weighted by Gasteiger charge is 2.48. The number of aliphatic hydroxyl groups excluding tert-OH is 1. The minimum absolute atomic E-state index is 0.00333. The Balaban J connectivity index is 1.02. The molecule has 8 heteroatoms. The molecule has 3 saturated heterocycles. The first-order valence-corrected chi connectivity index (χ1v) is 15.9. The molecule has 3 atom stereocenters.